The zero-order valence-electron chi connectivity index (χ0n) is 14.3. The predicted molar refractivity (Wildman–Crippen MR) is 101 cm³/mol. The summed E-state index contributed by atoms with van der Waals surface area (Å²) in [5, 5.41) is 3.58. The first-order valence-corrected chi connectivity index (χ1v) is 9.24. The average Bonchev–Trinajstić information content (AvgIpc) is 2.61. The summed E-state index contributed by atoms with van der Waals surface area (Å²) >= 11 is 0. The van der Waals surface area contributed by atoms with Crippen LogP contribution in [0.5, 0.6) is 0 Å². The maximum absolute atomic E-state index is 3.58. The van der Waals surface area contributed by atoms with Crippen molar-refractivity contribution in [2.75, 3.05) is 13.1 Å². The Morgan fingerprint density at radius 2 is 0.913 bits per heavy atom. The molecular formula is C22H31N. The lowest BCUT2D eigenvalue weighted by Crippen LogP contribution is -2.16. The molecule has 2 rings (SSSR count). The van der Waals surface area contributed by atoms with Gasteiger partial charge in [-0.2, -0.15) is 0 Å². The van der Waals surface area contributed by atoms with Crippen LogP contribution in [0.2, 0.25) is 0 Å². The Bertz CT molecular complexity index is 444. The van der Waals surface area contributed by atoms with Gasteiger partial charge in [-0.3, -0.25) is 0 Å². The second-order valence-corrected chi connectivity index (χ2v) is 6.34. The van der Waals surface area contributed by atoms with Crippen LogP contribution in [0.4, 0.5) is 0 Å². The van der Waals surface area contributed by atoms with Crippen LogP contribution < -0.4 is 5.32 Å². The van der Waals surface area contributed by atoms with Crippen molar-refractivity contribution < 1.29 is 0 Å². The minimum absolute atomic E-state index is 1.16. The smallest absolute Gasteiger partial charge is 0.00488 e. The minimum atomic E-state index is 1.16. The molecule has 23 heavy (non-hydrogen) atoms. The highest BCUT2D eigenvalue weighted by Crippen LogP contribution is 2.07. The topological polar surface area (TPSA) is 12.0 Å². The normalized spacial score (nSPS) is 10.8. The molecule has 0 heterocycles. The molecule has 0 saturated carbocycles. The van der Waals surface area contributed by atoms with Gasteiger partial charge in [0.15, 0.2) is 0 Å². The Morgan fingerprint density at radius 1 is 0.478 bits per heavy atom. The van der Waals surface area contributed by atoms with E-state index >= 15 is 0 Å². The summed E-state index contributed by atoms with van der Waals surface area (Å²) in [6.45, 7) is 2.34. The second-order valence-electron chi connectivity index (χ2n) is 6.34. The number of unbranched alkanes of at least 4 members (excludes halogenated alkanes) is 4. The van der Waals surface area contributed by atoms with Crippen LogP contribution in [0, 0.1) is 0 Å². The fourth-order valence-electron chi connectivity index (χ4n) is 2.93. The molecule has 124 valence electrons. The highest BCUT2D eigenvalue weighted by molar-refractivity contribution is 5.15. The van der Waals surface area contributed by atoms with E-state index in [1.807, 2.05) is 0 Å². The Hall–Kier alpha value is -1.60. The Balaban J connectivity index is 1.34. The standard InChI is InChI=1S/C22H31N/c1(5-13-21-14-6-3-7-15-21)2-11-19-23-20-12-10-18-22-16-8-4-9-17-22/h3-4,6-9,14-17,23H,1-2,5,10-13,18-20H2. The maximum atomic E-state index is 3.58. The van der Waals surface area contributed by atoms with E-state index in [9.17, 15) is 0 Å². The number of benzene rings is 2. The third-order valence-corrected chi connectivity index (χ3v) is 4.32. The summed E-state index contributed by atoms with van der Waals surface area (Å²) < 4.78 is 0. The summed E-state index contributed by atoms with van der Waals surface area (Å²) in [6, 6.07) is 21.6. The van der Waals surface area contributed by atoms with Crippen LogP contribution in [0.25, 0.3) is 0 Å². The molecule has 0 aliphatic rings. The zero-order valence-corrected chi connectivity index (χ0v) is 14.3. The summed E-state index contributed by atoms with van der Waals surface area (Å²) in [7, 11) is 0. The van der Waals surface area contributed by atoms with Gasteiger partial charge < -0.3 is 5.32 Å². The number of rotatable bonds is 12. The largest absolute Gasteiger partial charge is 0.317 e. The van der Waals surface area contributed by atoms with E-state index in [0.29, 0.717) is 0 Å². The molecule has 0 spiro atoms. The molecule has 0 unspecified atom stereocenters. The first-order chi connectivity index (χ1) is 11.4. The van der Waals surface area contributed by atoms with E-state index in [2.05, 4.69) is 66.0 Å². The highest BCUT2D eigenvalue weighted by atomic mass is 14.8. The lowest BCUT2D eigenvalue weighted by Gasteiger charge is -2.05. The Kier molecular flexibility index (Phi) is 9.18. The first kappa shape index (κ1) is 17.7. The van der Waals surface area contributed by atoms with Gasteiger partial charge in [0, 0.05) is 0 Å². The van der Waals surface area contributed by atoms with Gasteiger partial charge in [0.05, 0.1) is 0 Å². The SMILES string of the molecule is c1ccc(CCCCCCNCCCCc2ccccc2)cc1. The molecular weight excluding hydrogens is 278 g/mol. The van der Waals surface area contributed by atoms with Crippen LogP contribution >= 0.6 is 0 Å². The van der Waals surface area contributed by atoms with Crippen molar-refractivity contribution in [1.82, 2.24) is 5.32 Å². The fourth-order valence-corrected chi connectivity index (χ4v) is 2.93. The molecule has 0 saturated heterocycles. The molecule has 0 atom stereocenters. The van der Waals surface area contributed by atoms with Gasteiger partial charge in [-0.15, -0.1) is 0 Å². The number of hydrogen-bond donors (Lipinski definition) is 1. The van der Waals surface area contributed by atoms with Crippen LogP contribution in [0.3, 0.4) is 0 Å². The van der Waals surface area contributed by atoms with Crippen molar-refractivity contribution in [2.45, 2.75) is 51.4 Å². The maximum Gasteiger partial charge on any atom is -0.00488 e. The fraction of sp³-hybridized carbons (Fsp3) is 0.455. The van der Waals surface area contributed by atoms with Crippen molar-refractivity contribution in [1.29, 1.82) is 0 Å². The van der Waals surface area contributed by atoms with Crippen molar-refractivity contribution >= 4 is 0 Å². The molecule has 0 aromatic heterocycles. The molecule has 0 bridgehead atoms. The van der Waals surface area contributed by atoms with Crippen molar-refractivity contribution in [3.05, 3.63) is 71.8 Å². The monoisotopic (exact) mass is 309 g/mol. The van der Waals surface area contributed by atoms with Crippen molar-refractivity contribution in [3.63, 3.8) is 0 Å². The quantitative estimate of drug-likeness (QED) is 0.517. The van der Waals surface area contributed by atoms with E-state index in [4.69, 9.17) is 0 Å². The number of nitrogens with one attached hydrogen (secondary N) is 1. The van der Waals surface area contributed by atoms with Crippen LogP contribution in [0.15, 0.2) is 60.7 Å². The predicted octanol–water partition coefficient (Wildman–Crippen LogP) is 5.40. The summed E-state index contributed by atoms with van der Waals surface area (Å²) in [4.78, 5) is 0. The molecule has 0 amide bonds. The van der Waals surface area contributed by atoms with Crippen LogP contribution in [-0.2, 0) is 12.8 Å². The van der Waals surface area contributed by atoms with Gasteiger partial charge in [-0.1, -0.05) is 73.5 Å². The second kappa shape index (κ2) is 11.9. The molecule has 0 aliphatic carbocycles. The highest BCUT2D eigenvalue weighted by Gasteiger charge is 1.95. The molecule has 2 aromatic carbocycles. The summed E-state index contributed by atoms with van der Waals surface area (Å²) in [5.74, 6) is 0. The molecule has 0 fully saturated rings. The van der Waals surface area contributed by atoms with E-state index in [-0.39, 0.29) is 0 Å². The molecule has 0 aliphatic heterocycles. The minimum Gasteiger partial charge on any atom is -0.317 e. The van der Waals surface area contributed by atoms with Crippen LogP contribution in [0.1, 0.15) is 49.7 Å². The van der Waals surface area contributed by atoms with Gasteiger partial charge >= 0.3 is 0 Å². The lowest BCUT2D eigenvalue weighted by molar-refractivity contribution is 0.568. The van der Waals surface area contributed by atoms with Gasteiger partial charge in [0.2, 0.25) is 0 Å². The summed E-state index contributed by atoms with van der Waals surface area (Å²) in [6.07, 6.45) is 10.3. The van der Waals surface area contributed by atoms with E-state index < -0.39 is 0 Å². The van der Waals surface area contributed by atoms with Gasteiger partial charge in [0.25, 0.3) is 0 Å². The van der Waals surface area contributed by atoms with E-state index in [0.717, 1.165) is 6.54 Å². The average molecular weight is 309 g/mol. The molecule has 2 aromatic rings. The molecule has 1 nitrogen and oxygen atoms in total. The van der Waals surface area contributed by atoms with Gasteiger partial charge in [-0.05, 0) is 62.7 Å². The van der Waals surface area contributed by atoms with Crippen LogP contribution in [-0.4, -0.2) is 13.1 Å². The summed E-state index contributed by atoms with van der Waals surface area (Å²) in [5.41, 5.74) is 2.94. The Morgan fingerprint density at radius 3 is 1.48 bits per heavy atom. The molecule has 0 radical (unpaired) electrons. The number of aryl methyl sites for hydroxylation is 2. The van der Waals surface area contributed by atoms with Crippen molar-refractivity contribution in [3.8, 4) is 0 Å². The zero-order chi connectivity index (χ0) is 16.0. The third-order valence-electron chi connectivity index (χ3n) is 4.32. The lowest BCUT2D eigenvalue weighted by atomic mass is 10.1. The third kappa shape index (κ3) is 8.56. The van der Waals surface area contributed by atoms with Gasteiger partial charge in [-0.25, -0.2) is 0 Å². The molecule has 1 heteroatoms. The van der Waals surface area contributed by atoms with E-state index in [1.54, 1.807) is 0 Å². The first-order valence-electron chi connectivity index (χ1n) is 9.24. The van der Waals surface area contributed by atoms with E-state index in [1.165, 1.54) is 69.0 Å². The van der Waals surface area contributed by atoms with Gasteiger partial charge in [0.1, 0.15) is 0 Å². The number of hydrogen-bond acceptors (Lipinski definition) is 1. The van der Waals surface area contributed by atoms with Crippen molar-refractivity contribution in [2.24, 2.45) is 0 Å². The molecule has 1 N–H and O–H groups in total. The Labute approximate surface area is 142 Å².